The molecule has 1 aromatic carbocycles. The van der Waals surface area contributed by atoms with Crippen molar-refractivity contribution in [2.45, 2.75) is 13.8 Å². The zero-order chi connectivity index (χ0) is 21.5. The zero-order valence-corrected chi connectivity index (χ0v) is 17.7. The van der Waals surface area contributed by atoms with E-state index < -0.39 is 0 Å². The van der Waals surface area contributed by atoms with Crippen molar-refractivity contribution in [1.82, 2.24) is 25.1 Å². The molecule has 3 aromatic rings. The Bertz CT molecular complexity index is 1020. The van der Waals surface area contributed by atoms with Crippen LogP contribution >= 0.6 is 0 Å². The summed E-state index contributed by atoms with van der Waals surface area (Å²) in [5.74, 6) is 1.85. The lowest BCUT2D eigenvalue weighted by molar-refractivity contribution is 0.0945. The largest absolute Gasteiger partial charge is 0.497 e. The van der Waals surface area contributed by atoms with Crippen LogP contribution in [0.25, 0.3) is 11.3 Å². The van der Waals surface area contributed by atoms with Gasteiger partial charge in [-0.3, -0.25) is 9.48 Å². The van der Waals surface area contributed by atoms with Crippen LogP contribution in [0.15, 0.2) is 36.4 Å². The van der Waals surface area contributed by atoms with Gasteiger partial charge in [-0.25, -0.2) is 4.98 Å². The maximum absolute atomic E-state index is 12.6. The number of benzene rings is 1. The van der Waals surface area contributed by atoms with Gasteiger partial charge in [-0.15, -0.1) is 0 Å². The number of carbonyl (C=O) groups excluding carboxylic acids is 1. The smallest absolute Gasteiger partial charge is 0.269 e. The van der Waals surface area contributed by atoms with Gasteiger partial charge in [-0.1, -0.05) is 12.1 Å². The number of ether oxygens (including phenoxy) is 1. The highest BCUT2D eigenvalue weighted by Gasteiger charge is 2.14. The lowest BCUT2D eigenvalue weighted by atomic mass is 10.1. The van der Waals surface area contributed by atoms with Gasteiger partial charge in [-0.05, 0) is 32.0 Å². The topological polar surface area (TPSA) is 106 Å². The Morgan fingerprint density at radius 2 is 1.97 bits per heavy atom. The second-order valence-corrected chi connectivity index (χ2v) is 6.70. The molecule has 0 bridgehead atoms. The van der Waals surface area contributed by atoms with E-state index in [0.29, 0.717) is 30.4 Å². The molecule has 0 aliphatic rings. The summed E-state index contributed by atoms with van der Waals surface area (Å²) in [5.41, 5.74) is 2.95. The number of amides is 1. The molecule has 3 rings (SSSR count). The predicted molar refractivity (Wildman–Crippen MR) is 117 cm³/mol. The second-order valence-electron chi connectivity index (χ2n) is 6.70. The summed E-state index contributed by atoms with van der Waals surface area (Å²) < 4.78 is 6.83. The lowest BCUT2D eigenvalue weighted by Crippen LogP contribution is -2.30. The van der Waals surface area contributed by atoms with Crippen molar-refractivity contribution in [3.8, 4) is 17.0 Å². The summed E-state index contributed by atoms with van der Waals surface area (Å²) in [6.07, 6.45) is 0. The van der Waals surface area contributed by atoms with Gasteiger partial charge in [-0.2, -0.15) is 10.1 Å². The summed E-state index contributed by atoms with van der Waals surface area (Å²) in [6, 6.07) is 11.2. The Morgan fingerprint density at radius 3 is 2.73 bits per heavy atom. The number of rotatable bonds is 9. The molecule has 0 spiro atoms. The van der Waals surface area contributed by atoms with E-state index in [2.05, 4.69) is 31.0 Å². The van der Waals surface area contributed by atoms with Crippen molar-refractivity contribution in [3.05, 3.63) is 47.8 Å². The van der Waals surface area contributed by atoms with E-state index in [1.807, 2.05) is 44.2 Å². The molecule has 0 unspecified atom stereocenters. The molecule has 9 nitrogen and oxygen atoms in total. The van der Waals surface area contributed by atoms with Crippen LogP contribution in [-0.4, -0.2) is 52.4 Å². The first-order valence-corrected chi connectivity index (χ1v) is 9.80. The highest BCUT2D eigenvalue weighted by molar-refractivity contribution is 5.93. The van der Waals surface area contributed by atoms with Crippen LogP contribution < -0.4 is 20.7 Å². The summed E-state index contributed by atoms with van der Waals surface area (Å²) in [7, 11) is 3.37. The number of methoxy groups -OCH3 is 1. The van der Waals surface area contributed by atoms with Crippen LogP contribution in [0.5, 0.6) is 5.75 Å². The number of aryl methyl sites for hydroxylation is 2. The third kappa shape index (κ3) is 5.25. The first-order valence-electron chi connectivity index (χ1n) is 9.80. The van der Waals surface area contributed by atoms with Gasteiger partial charge in [0.1, 0.15) is 17.3 Å². The predicted octanol–water partition coefficient (Wildman–Crippen LogP) is 2.47. The summed E-state index contributed by atoms with van der Waals surface area (Å²) in [6.45, 7) is 5.64. The van der Waals surface area contributed by atoms with Gasteiger partial charge in [0.05, 0.1) is 12.8 Å². The number of hydrogen-bond acceptors (Lipinski definition) is 7. The van der Waals surface area contributed by atoms with Gasteiger partial charge in [0.2, 0.25) is 5.95 Å². The molecule has 1 amide bonds. The maximum Gasteiger partial charge on any atom is 0.269 e. The first kappa shape index (κ1) is 21.1. The molecule has 0 atom stereocenters. The molecule has 9 heteroatoms. The van der Waals surface area contributed by atoms with Crippen molar-refractivity contribution in [3.63, 3.8) is 0 Å². The SMILES string of the molecule is CCNc1cc(C)nc(NCCNC(=O)c2cc(-c3cccc(OC)c3)nn2C)n1. The normalized spacial score (nSPS) is 10.5. The number of carbonyl (C=O) groups is 1. The highest BCUT2D eigenvalue weighted by atomic mass is 16.5. The summed E-state index contributed by atoms with van der Waals surface area (Å²) in [5, 5.41) is 13.6. The quantitative estimate of drug-likeness (QED) is 0.466. The Labute approximate surface area is 175 Å². The fourth-order valence-corrected chi connectivity index (χ4v) is 2.96. The molecule has 0 saturated carbocycles. The Morgan fingerprint density at radius 1 is 1.13 bits per heavy atom. The molecular weight excluding hydrogens is 382 g/mol. The molecular formula is C21H27N7O2. The minimum atomic E-state index is -0.195. The van der Waals surface area contributed by atoms with Gasteiger partial charge >= 0.3 is 0 Å². The average Bonchev–Trinajstić information content (AvgIpc) is 3.13. The fraction of sp³-hybridized carbons (Fsp3) is 0.333. The van der Waals surface area contributed by atoms with E-state index in [4.69, 9.17) is 4.74 Å². The lowest BCUT2D eigenvalue weighted by Gasteiger charge is -2.09. The third-order valence-corrected chi connectivity index (χ3v) is 4.38. The minimum Gasteiger partial charge on any atom is -0.497 e. The second kappa shape index (κ2) is 9.73. The standard InChI is InChI=1S/C21H27N7O2/c1-5-22-19-11-14(2)25-21(26-19)24-10-9-23-20(29)18-13-17(27-28(18)3)15-7-6-8-16(12-15)30-4/h6-8,11-13H,5,9-10H2,1-4H3,(H,23,29)(H2,22,24,25,26). The van der Waals surface area contributed by atoms with Crippen LogP contribution in [0.2, 0.25) is 0 Å². The van der Waals surface area contributed by atoms with Crippen molar-refractivity contribution < 1.29 is 9.53 Å². The molecule has 158 valence electrons. The van der Waals surface area contributed by atoms with E-state index in [9.17, 15) is 4.79 Å². The number of aromatic nitrogens is 4. The molecule has 0 saturated heterocycles. The van der Waals surface area contributed by atoms with E-state index >= 15 is 0 Å². The van der Waals surface area contributed by atoms with Gasteiger partial charge in [0.25, 0.3) is 5.91 Å². The van der Waals surface area contributed by atoms with E-state index in [1.54, 1.807) is 24.9 Å². The van der Waals surface area contributed by atoms with Gasteiger partial charge in [0, 0.05) is 44.0 Å². The van der Waals surface area contributed by atoms with Crippen molar-refractivity contribution in [2.75, 3.05) is 37.4 Å². The number of hydrogen-bond donors (Lipinski definition) is 3. The molecule has 0 aliphatic heterocycles. The van der Waals surface area contributed by atoms with Gasteiger partial charge in [0.15, 0.2) is 0 Å². The van der Waals surface area contributed by atoms with Crippen LogP contribution in [0.3, 0.4) is 0 Å². The summed E-state index contributed by atoms with van der Waals surface area (Å²) in [4.78, 5) is 21.3. The summed E-state index contributed by atoms with van der Waals surface area (Å²) >= 11 is 0. The first-order chi connectivity index (χ1) is 14.5. The average molecular weight is 409 g/mol. The monoisotopic (exact) mass is 409 g/mol. The number of nitrogens with one attached hydrogen (secondary N) is 3. The maximum atomic E-state index is 12.6. The Hall–Kier alpha value is -3.62. The van der Waals surface area contributed by atoms with Crippen molar-refractivity contribution in [2.24, 2.45) is 7.05 Å². The minimum absolute atomic E-state index is 0.195. The number of nitrogens with zero attached hydrogens (tertiary/aromatic N) is 4. The molecule has 2 aromatic heterocycles. The van der Waals surface area contributed by atoms with Crippen molar-refractivity contribution >= 4 is 17.7 Å². The van der Waals surface area contributed by atoms with Crippen LogP contribution in [0.1, 0.15) is 23.1 Å². The van der Waals surface area contributed by atoms with Crippen molar-refractivity contribution in [1.29, 1.82) is 0 Å². The van der Waals surface area contributed by atoms with E-state index in [1.165, 1.54) is 0 Å². The van der Waals surface area contributed by atoms with Gasteiger partial charge < -0.3 is 20.7 Å². The molecule has 3 N–H and O–H groups in total. The molecule has 0 aliphatic carbocycles. The van der Waals surface area contributed by atoms with Crippen LogP contribution in [0.4, 0.5) is 11.8 Å². The molecule has 30 heavy (non-hydrogen) atoms. The Kier molecular flexibility index (Phi) is 6.84. The fourth-order valence-electron chi connectivity index (χ4n) is 2.96. The zero-order valence-electron chi connectivity index (χ0n) is 17.7. The van der Waals surface area contributed by atoms with Crippen LogP contribution in [-0.2, 0) is 7.05 Å². The molecule has 0 fully saturated rings. The van der Waals surface area contributed by atoms with Crippen LogP contribution in [0, 0.1) is 6.92 Å². The Balaban J connectivity index is 1.57. The van der Waals surface area contributed by atoms with E-state index in [-0.39, 0.29) is 5.91 Å². The third-order valence-electron chi connectivity index (χ3n) is 4.38. The highest BCUT2D eigenvalue weighted by Crippen LogP contribution is 2.23. The molecule has 0 radical (unpaired) electrons. The van der Waals surface area contributed by atoms with E-state index in [0.717, 1.165) is 29.4 Å². The molecule has 2 heterocycles. The number of anilines is 2.